The molecule has 0 saturated heterocycles. The van der Waals surface area contributed by atoms with E-state index in [0.29, 0.717) is 23.5 Å². The minimum absolute atomic E-state index is 0.223. The van der Waals surface area contributed by atoms with Gasteiger partial charge in [0.2, 0.25) is 0 Å². The Morgan fingerprint density at radius 3 is 0.650 bits per heavy atom. The van der Waals surface area contributed by atoms with Gasteiger partial charge in [-0.05, 0) is 0 Å². The lowest BCUT2D eigenvalue weighted by atomic mass is 10.7. The van der Waals surface area contributed by atoms with E-state index in [0.717, 1.165) is 55.4 Å². The Morgan fingerprint density at radius 1 is 0.450 bits per heavy atom. The number of rotatable bonds is 8. The third kappa shape index (κ3) is 115. The summed E-state index contributed by atoms with van der Waals surface area (Å²) < 4.78 is 0. The average molecular weight is 593 g/mol. The third-order valence-corrected chi connectivity index (χ3v) is 1.55. The average Bonchev–Trinajstić information content (AvgIpc) is 2.68. The number of carbonyl (C=O) groups is 8. The van der Waals surface area contributed by atoms with Crippen molar-refractivity contribution in [1.29, 1.82) is 0 Å². The van der Waals surface area contributed by atoms with E-state index in [1.807, 2.05) is 0 Å². The van der Waals surface area contributed by atoms with Gasteiger partial charge in [0.15, 0.2) is 0 Å². The van der Waals surface area contributed by atoms with Gasteiger partial charge in [0.05, 0.1) is 13.1 Å². The van der Waals surface area contributed by atoms with Crippen molar-refractivity contribution in [2.75, 3.05) is 26.2 Å². The van der Waals surface area contributed by atoms with Crippen LogP contribution in [0.5, 0.6) is 0 Å². The smallest absolute Gasteiger partial charge is 0.326 e. The summed E-state index contributed by atoms with van der Waals surface area (Å²) in [6.07, 6.45) is 0. The molecule has 0 aliphatic rings. The molecule has 0 aromatic rings. The first kappa shape index (κ1) is 48.6. The maximum Gasteiger partial charge on any atom is 0.326 e. The zero-order chi connectivity index (χ0) is 33.4. The molecule has 40 heavy (non-hydrogen) atoms. The molecule has 0 aromatic carbocycles. The minimum Gasteiger partial charge on any atom is -0.481 e. The van der Waals surface area contributed by atoms with E-state index in [2.05, 4.69) is 19.4 Å². The first-order chi connectivity index (χ1) is 18.0. The Labute approximate surface area is 230 Å². The van der Waals surface area contributed by atoms with Crippen LogP contribution in [0.25, 0.3) is 0 Å². The normalized spacial score (nSPS) is 8.30. The van der Waals surface area contributed by atoms with Crippen LogP contribution in [-0.2, 0) is 57.7 Å². The largest absolute Gasteiger partial charge is 0.481 e. The van der Waals surface area contributed by atoms with Gasteiger partial charge in [-0.3, -0.25) is 38.4 Å². The van der Waals surface area contributed by atoms with Crippen LogP contribution in [0.4, 0.5) is 0 Å². The van der Waals surface area contributed by atoms with Crippen LogP contribution in [0.15, 0.2) is 0 Å². The number of hydrogen-bond donors (Lipinski definition) is 6. The molecular weight excluding hydrogens is 552 g/mol. The van der Waals surface area contributed by atoms with Crippen LogP contribution in [0, 0.1) is 0 Å². The van der Waals surface area contributed by atoms with Gasteiger partial charge in [0, 0.05) is 78.9 Å². The molecule has 0 atom stereocenters. The second-order valence-electron chi connectivity index (χ2n) is 6.10. The molecule has 0 aliphatic carbocycles. The minimum atomic E-state index is -0.833. The molecule has 8 N–H and O–H groups in total. The van der Waals surface area contributed by atoms with Crippen molar-refractivity contribution in [1.82, 2.24) is 10.5 Å². The molecule has 0 heterocycles. The monoisotopic (exact) mass is 592 g/mol. The van der Waals surface area contributed by atoms with Crippen molar-refractivity contribution < 1.29 is 78.1 Å². The van der Waals surface area contributed by atoms with E-state index in [1.54, 1.807) is 0 Å². The van der Waals surface area contributed by atoms with Crippen LogP contribution < -0.4 is 11.5 Å². The Balaban J connectivity index is -0.000000116. The van der Waals surface area contributed by atoms with Crippen LogP contribution in [0.2, 0.25) is 0 Å². The molecule has 0 fully saturated rings. The number of hydrogen-bond acceptors (Lipinski definition) is 16. The number of carboxylic acid groups (broad SMARTS) is 4. The summed E-state index contributed by atoms with van der Waals surface area (Å²) >= 11 is 0. The lowest BCUT2D eigenvalue weighted by molar-refractivity contribution is -0.354. The fourth-order valence-corrected chi connectivity index (χ4v) is 0.957. The summed E-state index contributed by atoms with van der Waals surface area (Å²) in [5, 5.41) is 30.8. The van der Waals surface area contributed by atoms with Crippen molar-refractivity contribution in [2.24, 2.45) is 11.5 Å². The van der Waals surface area contributed by atoms with E-state index in [-0.39, 0.29) is 13.1 Å². The molecule has 0 aromatic heterocycles. The molecule has 20 heteroatoms. The van der Waals surface area contributed by atoms with Crippen molar-refractivity contribution >= 4 is 47.8 Å². The second-order valence-corrected chi connectivity index (χ2v) is 6.10. The molecule has 0 saturated carbocycles. The van der Waals surface area contributed by atoms with Gasteiger partial charge in [0.1, 0.15) is 0 Å². The number of aliphatic carboxylic acids is 4. The molecule has 0 aliphatic heterocycles. The van der Waals surface area contributed by atoms with Crippen LogP contribution in [0.3, 0.4) is 0 Å². The van der Waals surface area contributed by atoms with E-state index in [9.17, 15) is 19.2 Å². The predicted molar refractivity (Wildman–Crippen MR) is 132 cm³/mol. The quantitative estimate of drug-likeness (QED) is 0.180. The van der Waals surface area contributed by atoms with Gasteiger partial charge in [-0.1, -0.05) is 0 Å². The maximum atomic E-state index is 10.8. The van der Waals surface area contributed by atoms with E-state index >= 15 is 0 Å². The fourth-order valence-electron chi connectivity index (χ4n) is 0.957. The highest BCUT2D eigenvalue weighted by Gasteiger charge is 2.19. The zero-order valence-corrected chi connectivity index (χ0v) is 23.6. The van der Waals surface area contributed by atoms with E-state index < -0.39 is 47.8 Å². The van der Waals surface area contributed by atoms with Crippen LogP contribution in [0.1, 0.15) is 55.4 Å². The lowest BCUT2D eigenvalue weighted by Gasteiger charge is -2.22. The zero-order valence-electron chi connectivity index (χ0n) is 23.6. The van der Waals surface area contributed by atoms with E-state index in [4.69, 9.17) is 51.1 Å². The number of nitrogens with zero attached hydrogens (tertiary/aromatic N) is 2. The lowest BCUT2D eigenvalue weighted by Crippen LogP contribution is -2.38. The number of carbonyl (C=O) groups excluding carboxylic acids is 4. The van der Waals surface area contributed by atoms with Gasteiger partial charge in [-0.2, -0.15) is 0 Å². The Kier molecular flexibility index (Phi) is 42.1. The van der Waals surface area contributed by atoms with Gasteiger partial charge >= 0.3 is 23.9 Å². The Hall–Kier alpha value is -4.40. The van der Waals surface area contributed by atoms with Gasteiger partial charge < -0.3 is 51.2 Å². The summed E-state index contributed by atoms with van der Waals surface area (Å²) in [6.45, 7) is 9.50. The number of nitrogens with two attached hydrogens (primary N) is 2. The SMILES string of the molecule is CC(=O)O.CC(=O)O.CC(=O)O.CC(=O)O.CC(=O)ON(CCN(OC(C)=O)OC(C)=O)OC(C)=O.NCCN. The second kappa shape index (κ2) is 34.6. The Bertz CT molecular complexity index is 627. The van der Waals surface area contributed by atoms with Crippen LogP contribution in [-0.4, -0.2) is 105 Å². The molecule has 20 nitrogen and oxygen atoms in total. The first-order valence-electron chi connectivity index (χ1n) is 10.5. The number of hydroxylamine groups is 4. The Morgan fingerprint density at radius 2 is 0.575 bits per heavy atom. The van der Waals surface area contributed by atoms with Crippen molar-refractivity contribution in [3.05, 3.63) is 0 Å². The summed E-state index contributed by atoms with van der Waals surface area (Å²) in [7, 11) is 0. The summed E-state index contributed by atoms with van der Waals surface area (Å²) in [5.41, 5.74) is 9.81. The van der Waals surface area contributed by atoms with Gasteiger partial charge in [-0.25, -0.2) is 0 Å². The number of carboxylic acids is 4. The molecule has 0 bridgehead atoms. The molecule has 0 radical (unpaired) electrons. The third-order valence-electron chi connectivity index (χ3n) is 1.55. The van der Waals surface area contributed by atoms with E-state index in [1.165, 1.54) is 0 Å². The highest BCUT2D eigenvalue weighted by Crippen LogP contribution is 1.99. The predicted octanol–water partition coefficient (Wildman–Crippen LogP) is -1.23. The summed E-state index contributed by atoms with van der Waals surface area (Å²) in [6, 6.07) is 0. The molecular formula is C20H40N4O16. The van der Waals surface area contributed by atoms with Crippen molar-refractivity contribution in [3.8, 4) is 0 Å². The van der Waals surface area contributed by atoms with Crippen molar-refractivity contribution in [3.63, 3.8) is 0 Å². The first-order valence-corrected chi connectivity index (χ1v) is 10.5. The van der Waals surface area contributed by atoms with Crippen molar-refractivity contribution in [2.45, 2.75) is 55.4 Å². The molecule has 0 unspecified atom stereocenters. The highest BCUT2D eigenvalue weighted by atomic mass is 17.0. The molecule has 236 valence electrons. The molecule has 0 rings (SSSR count). The molecule has 0 amide bonds. The van der Waals surface area contributed by atoms with Gasteiger partial charge in [0.25, 0.3) is 23.9 Å². The standard InChI is InChI=1S/C10H16N2O8.C2H8N2.4C2H4O2/c1-7(13)17-11(18-8(2)14)5-6-12(19-9(3)15)20-10(4)16;3-1-2-4;4*1-2(3)4/h5-6H2,1-4H3;1-4H2;4*1H3,(H,3,4). The highest BCUT2D eigenvalue weighted by molar-refractivity contribution is 5.67. The fraction of sp³-hybridized carbons (Fsp3) is 0.600. The summed E-state index contributed by atoms with van der Waals surface area (Å²) in [4.78, 5) is 97.4. The molecule has 0 spiro atoms. The maximum absolute atomic E-state index is 10.8. The summed E-state index contributed by atoms with van der Waals surface area (Å²) in [5.74, 6) is -6.23. The van der Waals surface area contributed by atoms with Crippen LogP contribution >= 0.6 is 0 Å². The van der Waals surface area contributed by atoms with Gasteiger partial charge in [-0.15, -0.1) is 0 Å². The topological polar surface area (TPSA) is 313 Å².